The highest BCUT2D eigenvalue weighted by molar-refractivity contribution is 7.13. The summed E-state index contributed by atoms with van der Waals surface area (Å²) in [5.41, 5.74) is 4.11. The third-order valence-electron chi connectivity index (χ3n) is 11.8. The minimum Gasteiger partial charge on any atom is -0.371 e. The molecule has 0 bridgehead atoms. The van der Waals surface area contributed by atoms with Crippen LogP contribution in [-0.2, 0) is 20.9 Å². The standard InChI is InChI=1S/C42H46ClFN8O4S/c43-35-3-1-2-34(38(35)44)41(56)52-21-19-49(20-22-52)26-31-24-30(25-36(46-31)47-42-45-14-23-57-42)27-10-17-51(18-11-27)40(55)29-12-15-50(16-13-29)32-6-4-28(5-7-32)33-8-9-37(53)48-39(33)54/h1-7,14,23-25,27,29,33H,8-13,15-22,26H2,(H,45,46,47)(H,48,53,54)/t33-/m0/s1. The van der Waals surface area contributed by atoms with Crippen molar-refractivity contribution in [3.63, 3.8) is 0 Å². The predicted molar refractivity (Wildman–Crippen MR) is 217 cm³/mol. The largest absolute Gasteiger partial charge is 0.371 e. The lowest BCUT2D eigenvalue weighted by Crippen LogP contribution is -2.48. The van der Waals surface area contributed by atoms with Gasteiger partial charge < -0.3 is 20.0 Å². The molecule has 2 aromatic heterocycles. The molecule has 0 unspecified atom stereocenters. The Kier molecular flexibility index (Phi) is 11.8. The highest BCUT2D eigenvalue weighted by Gasteiger charge is 2.33. The van der Waals surface area contributed by atoms with Gasteiger partial charge in [-0.3, -0.25) is 29.4 Å². The highest BCUT2D eigenvalue weighted by Crippen LogP contribution is 2.34. The Bertz CT molecular complexity index is 2100. The van der Waals surface area contributed by atoms with Crippen LogP contribution in [0.25, 0.3) is 0 Å². The Balaban J connectivity index is 0.851. The molecule has 15 heteroatoms. The number of benzene rings is 2. The lowest BCUT2D eigenvalue weighted by molar-refractivity contribution is -0.137. The molecule has 2 aromatic carbocycles. The minimum absolute atomic E-state index is 0.00227. The van der Waals surface area contributed by atoms with Crippen LogP contribution in [0.1, 0.15) is 77.5 Å². The number of piperazine rings is 1. The lowest BCUT2D eigenvalue weighted by Gasteiger charge is -2.38. The molecule has 4 aliphatic rings. The summed E-state index contributed by atoms with van der Waals surface area (Å²) in [6, 6.07) is 16.9. The number of hydrogen-bond donors (Lipinski definition) is 2. The van der Waals surface area contributed by atoms with E-state index in [4.69, 9.17) is 16.6 Å². The first-order valence-electron chi connectivity index (χ1n) is 19.8. The molecule has 4 fully saturated rings. The van der Waals surface area contributed by atoms with Gasteiger partial charge in [0.05, 0.1) is 22.2 Å². The van der Waals surface area contributed by atoms with Gasteiger partial charge in [-0.1, -0.05) is 29.8 Å². The Morgan fingerprint density at radius 1 is 0.877 bits per heavy atom. The molecule has 57 heavy (non-hydrogen) atoms. The van der Waals surface area contributed by atoms with Gasteiger partial charge in [-0.25, -0.2) is 14.4 Å². The molecule has 6 heterocycles. The molecule has 4 aromatic rings. The van der Waals surface area contributed by atoms with Gasteiger partial charge in [-0.2, -0.15) is 0 Å². The average Bonchev–Trinajstić information content (AvgIpc) is 3.75. The molecule has 0 spiro atoms. The first-order chi connectivity index (χ1) is 27.7. The Morgan fingerprint density at radius 2 is 1.63 bits per heavy atom. The number of carbonyl (C=O) groups excluding carboxylic acids is 4. The SMILES string of the molecule is O=C1CC[C@@H](c2ccc(N3CCC(C(=O)N4CCC(c5cc(CN6CCN(C(=O)c7cccc(Cl)c7F)CC6)nc(Nc6nccs6)c5)CC4)CC3)cc2)C(=O)N1. The Hall–Kier alpha value is -4.92. The van der Waals surface area contributed by atoms with Gasteiger partial charge in [-0.05, 0) is 85.5 Å². The zero-order chi connectivity index (χ0) is 39.5. The number of carbonyl (C=O) groups is 4. The summed E-state index contributed by atoms with van der Waals surface area (Å²) in [5, 5.41) is 8.45. The van der Waals surface area contributed by atoms with Gasteiger partial charge in [0.25, 0.3) is 5.91 Å². The molecular weight excluding hydrogens is 767 g/mol. The molecule has 4 saturated heterocycles. The second-order valence-electron chi connectivity index (χ2n) is 15.4. The summed E-state index contributed by atoms with van der Waals surface area (Å²) in [5.74, 6) is -0.504. The van der Waals surface area contributed by atoms with Crippen LogP contribution in [-0.4, -0.2) is 101 Å². The van der Waals surface area contributed by atoms with Crippen LogP contribution in [0.15, 0.2) is 66.2 Å². The number of nitrogens with zero attached hydrogens (tertiary/aromatic N) is 6. The summed E-state index contributed by atoms with van der Waals surface area (Å²) in [7, 11) is 0. The monoisotopic (exact) mass is 812 g/mol. The van der Waals surface area contributed by atoms with E-state index in [2.05, 4.69) is 42.5 Å². The molecule has 0 aliphatic carbocycles. The van der Waals surface area contributed by atoms with Crippen molar-refractivity contribution in [1.29, 1.82) is 0 Å². The van der Waals surface area contributed by atoms with Crippen molar-refractivity contribution >= 4 is 63.2 Å². The summed E-state index contributed by atoms with van der Waals surface area (Å²) in [6.07, 6.45) is 5.98. The van der Waals surface area contributed by atoms with E-state index < -0.39 is 5.82 Å². The number of piperidine rings is 3. The van der Waals surface area contributed by atoms with Gasteiger partial charge in [0.15, 0.2) is 10.9 Å². The summed E-state index contributed by atoms with van der Waals surface area (Å²) in [4.78, 5) is 68.4. The third kappa shape index (κ3) is 8.98. The van der Waals surface area contributed by atoms with Crippen LogP contribution in [0, 0.1) is 11.7 Å². The second-order valence-corrected chi connectivity index (χ2v) is 16.7. The van der Waals surface area contributed by atoms with Gasteiger partial charge in [0.1, 0.15) is 5.82 Å². The molecule has 4 aliphatic heterocycles. The maximum atomic E-state index is 14.6. The van der Waals surface area contributed by atoms with E-state index in [1.54, 1.807) is 17.2 Å². The molecule has 2 N–H and O–H groups in total. The van der Waals surface area contributed by atoms with Crippen LogP contribution in [0.4, 0.5) is 21.0 Å². The highest BCUT2D eigenvalue weighted by atomic mass is 35.5. The van der Waals surface area contributed by atoms with E-state index in [9.17, 15) is 23.6 Å². The van der Waals surface area contributed by atoms with Crippen molar-refractivity contribution in [2.24, 2.45) is 5.92 Å². The number of amides is 4. The van der Waals surface area contributed by atoms with Crippen molar-refractivity contribution in [3.8, 4) is 0 Å². The molecule has 8 rings (SSSR count). The van der Waals surface area contributed by atoms with E-state index >= 15 is 0 Å². The second kappa shape index (κ2) is 17.3. The van der Waals surface area contributed by atoms with Crippen LogP contribution in [0.2, 0.25) is 5.02 Å². The summed E-state index contributed by atoms with van der Waals surface area (Å²) < 4.78 is 14.6. The summed E-state index contributed by atoms with van der Waals surface area (Å²) in [6.45, 7) is 5.82. The molecule has 0 radical (unpaired) electrons. The first-order valence-corrected chi connectivity index (χ1v) is 21.0. The lowest BCUT2D eigenvalue weighted by atomic mass is 9.87. The van der Waals surface area contributed by atoms with Crippen LogP contribution in [0.5, 0.6) is 0 Å². The molecular formula is C42H46ClFN8O4S. The van der Waals surface area contributed by atoms with Crippen molar-refractivity contribution in [2.45, 2.75) is 56.9 Å². The maximum absolute atomic E-state index is 14.6. The number of likely N-dealkylation sites (tertiary alicyclic amines) is 1. The fourth-order valence-electron chi connectivity index (χ4n) is 8.57. The van der Waals surface area contributed by atoms with Gasteiger partial charge >= 0.3 is 0 Å². The van der Waals surface area contributed by atoms with Crippen LogP contribution in [0.3, 0.4) is 0 Å². The van der Waals surface area contributed by atoms with Crippen molar-refractivity contribution < 1.29 is 23.6 Å². The smallest absolute Gasteiger partial charge is 0.256 e. The van der Waals surface area contributed by atoms with Gasteiger partial charge in [-0.15, -0.1) is 11.3 Å². The topological polar surface area (TPSA) is 131 Å². The maximum Gasteiger partial charge on any atom is 0.256 e. The third-order valence-corrected chi connectivity index (χ3v) is 12.8. The summed E-state index contributed by atoms with van der Waals surface area (Å²) >= 11 is 7.45. The van der Waals surface area contributed by atoms with Crippen LogP contribution >= 0.6 is 22.9 Å². The average molecular weight is 813 g/mol. The molecule has 12 nitrogen and oxygen atoms in total. The minimum atomic E-state index is -0.682. The van der Waals surface area contributed by atoms with Gasteiger partial charge in [0, 0.05) is 88.5 Å². The quantitative estimate of drug-likeness (QED) is 0.191. The molecule has 1 atom stereocenters. The fraction of sp³-hybridized carbons (Fsp3) is 0.429. The van der Waals surface area contributed by atoms with E-state index in [1.165, 1.54) is 29.0 Å². The number of thiazole rings is 1. The fourth-order valence-corrected chi connectivity index (χ4v) is 9.28. The number of halogens is 2. The van der Waals surface area contributed by atoms with E-state index in [-0.39, 0.29) is 52.0 Å². The number of nitrogens with one attached hydrogen (secondary N) is 2. The molecule has 4 amide bonds. The zero-order valence-electron chi connectivity index (χ0n) is 31.7. The number of hydrogen-bond acceptors (Lipinski definition) is 10. The van der Waals surface area contributed by atoms with Crippen LogP contribution < -0.4 is 15.5 Å². The predicted octanol–water partition coefficient (Wildman–Crippen LogP) is 6.18. The Morgan fingerprint density at radius 3 is 2.33 bits per heavy atom. The zero-order valence-corrected chi connectivity index (χ0v) is 33.2. The van der Waals surface area contributed by atoms with Gasteiger partial charge in [0.2, 0.25) is 17.7 Å². The van der Waals surface area contributed by atoms with Crippen molar-refractivity contribution in [1.82, 2.24) is 30.0 Å². The first kappa shape index (κ1) is 38.9. The number of aromatic nitrogens is 2. The van der Waals surface area contributed by atoms with E-state index in [0.29, 0.717) is 58.7 Å². The number of rotatable bonds is 9. The van der Waals surface area contributed by atoms with E-state index in [0.717, 1.165) is 66.7 Å². The number of imide groups is 1. The van der Waals surface area contributed by atoms with Crippen molar-refractivity contribution in [3.05, 3.63) is 99.4 Å². The molecule has 0 saturated carbocycles. The number of pyridine rings is 1. The Labute approximate surface area is 340 Å². The normalized spacial score (nSPS) is 20.1. The van der Waals surface area contributed by atoms with E-state index in [1.807, 2.05) is 29.6 Å². The molecule has 298 valence electrons. The number of anilines is 3. The van der Waals surface area contributed by atoms with Crippen molar-refractivity contribution in [2.75, 3.05) is 62.6 Å².